The third-order valence-corrected chi connectivity index (χ3v) is 11.6. The van der Waals surface area contributed by atoms with Crippen molar-refractivity contribution in [2.45, 2.75) is 76.2 Å². The number of hydrogen-bond acceptors (Lipinski definition) is 7. The fourth-order valence-electron chi connectivity index (χ4n) is 3.16. The van der Waals surface area contributed by atoms with Crippen molar-refractivity contribution in [3.63, 3.8) is 0 Å². The van der Waals surface area contributed by atoms with Crippen LogP contribution in [0.4, 0.5) is 4.79 Å². The van der Waals surface area contributed by atoms with E-state index in [9.17, 15) is 9.59 Å². The topological polar surface area (TPSA) is 118 Å². The number of carbonyl (C=O) groups excluding carboxylic acids is 2. The highest BCUT2D eigenvalue weighted by Crippen LogP contribution is 2.54. The zero-order valence-electron chi connectivity index (χ0n) is 17.1. The van der Waals surface area contributed by atoms with Gasteiger partial charge in [-0.15, -0.1) is 0 Å². The average molecular weight is 421 g/mol. The molecule has 0 aromatic carbocycles. The van der Waals surface area contributed by atoms with E-state index in [1.165, 1.54) is 13.0 Å². The van der Waals surface area contributed by atoms with Crippen molar-refractivity contribution in [3.05, 3.63) is 0 Å². The van der Waals surface area contributed by atoms with Gasteiger partial charge in [0.25, 0.3) is 16.8 Å². The molecule has 2 aliphatic rings. The summed E-state index contributed by atoms with van der Waals surface area (Å²) in [6.07, 6.45) is 1.57. The number of nitrogens with one attached hydrogen (secondary N) is 2. The van der Waals surface area contributed by atoms with Crippen molar-refractivity contribution in [3.8, 4) is 0 Å². The molecule has 2 N–H and O–H groups in total. The number of amides is 2. The Bertz CT molecular complexity index is 541. The molecule has 0 aliphatic carbocycles. The molecule has 0 radical (unpaired) electrons. The highest BCUT2D eigenvalue weighted by atomic mass is 28.4. The second-order valence-electron chi connectivity index (χ2n) is 8.60. The third kappa shape index (κ3) is 5.75. The molecule has 0 aromatic heterocycles. The third-order valence-electron chi connectivity index (χ3n) is 4.83. The molecule has 2 heterocycles. The van der Waals surface area contributed by atoms with E-state index in [-0.39, 0.29) is 6.03 Å². The number of hydrogen-bond donors (Lipinski definition) is 2. The van der Waals surface area contributed by atoms with Crippen molar-refractivity contribution in [1.29, 1.82) is 0 Å². The van der Waals surface area contributed by atoms with Gasteiger partial charge in [-0.3, -0.25) is 4.79 Å². The predicted molar refractivity (Wildman–Crippen MR) is 102 cm³/mol. The van der Waals surface area contributed by atoms with Gasteiger partial charge in [0.05, 0.1) is 0 Å². The molecule has 0 aromatic rings. The highest BCUT2D eigenvalue weighted by Gasteiger charge is 2.82. The lowest BCUT2D eigenvalue weighted by Gasteiger charge is -2.31. The quantitative estimate of drug-likeness (QED) is 0.228. The van der Waals surface area contributed by atoms with Gasteiger partial charge in [0.1, 0.15) is 0 Å². The Morgan fingerprint density at radius 1 is 0.889 bits per heavy atom. The lowest BCUT2D eigenvalue weighted by atomic mass is 10.4. The van der Waals surface area contributed by atoms with Crippen LogP contribution in [-0.4, -0.2) is 52.3 Å². The number of urea groups is 1. The lowest BCUT2D eigenvalue weighted by molar-refractivity contribution is -0.133. The zero-order chi connectivity index (χ0) is 20.3. The Balaban J connectivity index is 1.78. The minimum atomic E-state index is -3.07. The Hall–Kier alpha value is -0.986. The molecule has 156 valence electrons. The van der Waals surface area contributed by atoms with Gasteiger partial charge in [-0.05, 0) is 32.7 Å². The van der Waals surface area contributed by atoms with Crippen molar-refractivity contribution >= 4 is 28.4 Å². The summed E-state index contributed by atoms with van der Waals surface area (Å²) in [5, 5.41) is 5.70. The van der Waals surface area contributed by atoms with Gasteiger partial charge in [0.15, 0.2) is 0 Å². The molecule has 0 unspecified atom stereocenters. The summed E-state index contributed by atoms with van der Waals surface area (Å²) in [7, 11) is -4.14. The first-order valence-corrected chi connectivity index (χ1v) is 15.2. The van der Waals surface area contributed by atoms with E-state index in [0.29, 0.717) is 25.6 Å². The van der Waals surface area contributed by atoms with Crippen molar-refractivity contribution in [2.75, 3.05) is 13.1 Å². The highest BCUT2D eigenvalue weighted by molar-refractivity contribution is 6.80. The van der Waals surface area contributed by atoms with E-state index >= 15 is 0 Å². The van der Waals surface area contributed by atoms with Crippen LogP contribution in [0.1, 0.15) is 33.6 Å². The van der Waals surface area contributed by atoms with E-state index in [1.807, 2.05) is 0 Å². The molecule has 2 rings (SSSR count). The average Bonchev–Trinajstić information content (AvgIpc) is 3.45. The van der Waals surface area contributed by atoms with Gasteiger partial charge in [0, 0.05) is 28.1 Å². The van der Waals surface area contributed by atoms with Crippen LogP contribution in [0.15, 0.2) is 0 Å². The van der Waals surface area contributed by atoms with Crippen LogP contribution in [0.3, 0.4) is 0 Å². The van der Waals surface area contributed by atoms with Crippen LogP contribution in [0.2, 0.25) is 31.7 Å². The first-order valence-electron chi connectivity index (χ1n) is 9.38. The Labute approximate surface area is 162 Å². The molecule has 0 bridgehead atoms. The lowest BCUT2D eigenvalue weighted by Crippen LogP contribution is -2.63. The molecular formula is C16H32N2O7Si2. The number of carbonyl (C=O) groups is 2. The Kier molecular flexibility index (Phi) is 6.75. The summed E-state index contributed by atoms with van der Waals surface area (Å²) in [5.74, 6) is -0.435. The zero-order valence-corrected chi connectivity index (χ0v) is 19.1. The molecule has 2 aliphatic heterocycles. The monoisotopic (exact) mass is 420 g/mol. The van der Waals surface area contributed by atoms with Crippen LogP contribution < -0.4 is 10.6 Å². The van der Waals surface area contributed by atoms with E-state index in [0.717, 1.165) is 6.42 Å². The SMILES string of the molecule is CC(=O)O[Si](CCCNC(=O)NCCC[Si](C)(C)C)(C1(C)OO1)C1(C)OO1. The summed E-state index contributed by atoms with van der Waals surface area (Å²) in [6, 6.07) is 1.46. The maximum atomic E-state index is 11.9. The Morgan fingerprint density at radius 2 is 1.33 bits per heavy atom. The first-order chi connectivity index (χ1) is 12.4. The summed E-state index contributed by atoms with van der Waals surface area (Å²) in [4.78, 5) is 44.1. The predicted octanol–water partition coefficient (Wildman–Crippen LogP) is 2.35. The molecule has 27 heavy (non-hydrogen) atoms. The van der Waals surface area contributed by atoms with Gasteiger partial charge in [-0.25, -0.2) is 4.79 Å². The smallest absolute Gasteiger partial charge is 0.390 e. The van der Waals surface area contributed by atoms with E-state index in [2.05, 4.69) is 30.3 Å². The summed E-state index contributed by atoms with van der Waals surface area (Å²) < 4.78 is 5.69. The molecular weight excluding hydrogens is 388 g/mol. The molecule has 2 saturated heterocycles. The van der Waals surface area contributed by atoms with Gasteiger partial charge in [0.2, 0.25) is 0 Å². The van der Waals surface area contributed by atoms with Crippen molar-refractivity contribution < 1.29 is 33.6 Å². The molecule has 2 fully saturated rings. The van der Waals surface area contributed by atoms with Crippen molar-refractivity contribution in [1.82, 2.24) is 10.6 Å². The second kappa shape index (κ2) is 8.17. The number of rotatable bonds is 11. The standard InChI is InChI=1S/C16H32N2O7Si2/c1-13(19)21-27(15(2)22-23-15,16(3)24-25-16)12-8-10-18-14(20)17-9-7-11-26(4,5)6/h7-12H2,1-6H3,(H2,17,18,20). The largest absolute Gasteiger partial charge is 0.507 e. The van der Waals surface area contributed by atoms with Crippen LogP contribution in [0.25, 0.3) is 0 Å². The molecule has 0 atom stereocenters. The summed E-state index contributed by atoms with van der Waals surface area (Å²) >= 11 is 0. The maximum Gasteiger partial charge on any atom is 0.390 e. The summed E-state index contributed by atoms with van der Waals surface area (Å²) in [6.45, 7) is 12.8. The fraction of sp³-hybridized carbons (Fsp3) is 0.875. The normalized spacial score (nSPS) is 19.9. The fourth-order valence-corrected chi connectivity index (χ4v) is 8.40. The van der Waals surface area contributed by atoms with E-state index in [1.54, 1.807) is 13.8 Å². The molecule has 0 spiro atoms. The van der Waals surface area contributed by atoms with Gasteiger partial charge in [-0.1, -0.05) is 25.7 Å². The van der Waals surface area contributed by atoms with Crippen LogP contribution in [-0.2, 0) is 28.8 Å². The Morgan fingerprint density at radius 3 is 1.70 bits per heavy atom. The molecule has 0 saturated carbocycles. The first kappa shape index (κ1) is 22.3. The van der Waals surface area contributed by atoms with Crippen LogP contribution >= 0.6 is 0 Å². The maximum absolute atomic E-state index is 11.9. The minimum Gasteiger partial charge on any atom is -0.507 e. The van der Waals surface area contributed by atoms with E-state index in [4.69, 9.17) is 24.0 Å². The summed E-state index contributed by atoms with van der Waals surface area (Å²) in [5.41, 5.74) is -2.02. The van der Waals surface area contributed by atoms with E-state index < -0.39 is 33.2 Å². The van der Waals surface area contributed by atoms with Gasteiger partial charge >= 0.3 is 14.3 Å². The van der Waals surface area contributed by atoms with Crippen LogP contribution in [0.5, 0.6) is 0 Å². The van der Waals surface area contributed by atoms with Crippen LogP contribution in [0, 0.1) is 0 Å². The second-order valence-corrected chi connectivity index (χ2v) is 18.4. The van der Waals surface area contributed by atoms with Crippen molar-refractivity contribution in [2.24, 2.45) is 0 Å². The molecule has 9 nitrogen and oxygen atoms in total. The molecule has 2 amide bonds. The minimum absolute atomic E-state index is 0.194. The molecule has 11 heteroatoms. The van der Waals surface area contributed by atoms with Gasteiger partial charge < -0.3 is 15.1 Å². The van der Waals surface area contributed by atoms with Gasteiger partial charge in [-0.2, -0.15) is 19.6 Å².